The van der Waals surface area contributed by atoms with Crippen LogP contribution in [0.25, 0.3) is 0 Å². The van der Waals surface area contributed by atoms with Crippen LogP contribution in [0.5, 0.6) is 0 Å². The van der Waals surface area contributed by atoms with Gasteiger partial charge in [-0.15, -0.1) is 0 Å². The van der Waals surface area contributed by atoms with Crippen molar-refractivity contribution in [1.29, 1.82) is 0 Å². The minimum absolute atomic E-state index is 0.00652. The second kappa shape index (κ2) is 6.96. The summed E-state index contributed by atoms with van der Waals surface area (Å²) in [5, 5.41) is 6.41. The third-order valence-corrected chi connectivity index (χ3v) is 6.94. The van der Waals surface area contributed by atoms with E-state index in [1.807, 2.05) is 39.0 Å². The molecule has 4 saturated carbocycles. The van der Waals surface area contributed by atoms with Gasteiger partial charge in [-0.3, -0.25) is 9.59 Å². The molecule has 146 valence electrons. The van der Waals surface area contributed by atoms with E-state index in [0.717, 1.165) is 42.6 Å². The lowest BCUT2D eigenvalue weighted by molar-refractivity contribution is -0.129. The van der Waals surface area contributed by atoms with Crippen molar-refractivity contribution in [3.63, 3.8) is 0 Å². The summed E-state index contributed by atoms with van der Waals surface area (Å²) < 4.78 is 0. The first kappa shape index (κ1) is 18.5. The Balaban J connectivity index is 1.46. The molecule has 5 rings (SSSR count). The van der Waals surface area contributed by atoms with Gasteiger partial charge >= 0.3 is 0 Å². The fraction of sp³-hybridized carbons (Fsp3) is 0.652. The van der Waals surface area contributed by atoms with Gasteiger partial charge in [0.2, 0.25) is 5.91 Å². The SMILES string of the molecule is Cc1cccc(C(=O)NC(C(=O)NC23CC4CC(CC(C4)C2)C3)C(C)C)c1. The highest BCUT2D eigenvalue weighted by molar-refractivity contribution is 5.97. The molecule has 1 aromatic rings. The van der Waals surface area contributed by atoms with Crippen LogP contribution in [-0.2, 0) is 4.79 Å². The summed E-state index contributed by atoms with van der Waals surface area (Å²) in [5.41, 5.74) is 1.64. The quantitative estimate of drug-likeness (QED) is 0.830. The van der Waals surface area contributed by atoms with Crippen LogP contribution in [0, 0.1) is 30.6 Å². The number of benzene rings is 1. The Bertz CT molecular complexity index is 704. The Morgan fingerprint density at radius 3 is 2.15 bits per heavy atom. The molecule has 27 heavy (non-hydrogen) atoms. The maximum Gasteiger partial charge on any atom is 0.251 e. The minimum atomic E-state index is -0.494. The Kier molecular flexibility index (Phi) is 4.77. The van der Waals surface area contributed by atoms with Crippen molar-refractivity contribution in [1.82, 2.24) is 10.6 Å². The molecule has 0 aromatic heterocycles. The van der Waals surface area contributed by atoms with Crippen LogP contribution < -0.4 is 10.6 Å². The number of hydrogen-bond donors (Lipinski definition) is 2. The molecule has 2 amide bonds. The van der Waals surface area contributed by atoms with Crippen LogP contribution >= 0.6 is 0 Å². The van der Waals surface area contributed by atoms with Crippen LogP contribution in [0.1, 0.15) is 68.3 Å². The van der Waals surface area contributed by atoms with E-state index in [4.69, 9.17) is 0 Å². The molecule has 4 bridgehead atoms. The third kappa shape index (κ3) is 3.76. The number of hydrogen-bond acceptors (Lipinski definition) is 2. The van der Waals surface area contributed by atoms with E-state index in [0.29, 0.717) is 5.56 Å². The molecule has 0 radical (unpaired) electrons. The molecule has 4 heteroatoms. The molecular formula is C23H32N2O2. The average Bonchev–Trinajstić information content (AvgIpc) is 2.57. The van der Waals surface area contributed by atoms with Crippen molar-refractivity contribution in [3.8, 4) is 0 Å². The molecule has 1 atom stereocenters. The Hall–Kier alpha value is -1.84. The summed E-state index contributed by atoms with van der Waals surface area (Å²) >= 11 is 0. The summed E-state index contributed by atoms with van der Waals surface area (Å²) in [6, 6.07) is 7.02. The van der Waals surface area contributed by atoms with Gasteiger partial charge in [-0.2, -0.15) is 0 Å². The number of rotatable bonds is 5. The van der Waals surface area contributed by atoms with Crippen molar-refractivity contribution in [2.75, 3.05) is 0 Å². The second-order valence-electron chi connectivity index (χ2n) is 9.75. The highest BCUT2D eigenvalue weighted by Gasteiger charge is 2.52. The second-order valence-corrected chi connectivity index (χ2v) is 9.75. The molecule has 1 aromatic carbocycles. The van der Waals surface area contributed by atoms with Crippen molar-refractivity contribution in [3.05, 3.63) is 35.4 Å². The Morgan fingerprint density at radius 2 is 1.63 bits per heavy atom. The molecular weight excluding hydrogens is 336 g/mol. The first-order valence-corrected chi connectivity index (χ1v) is 10.5. The maximum absolute atomic E-state index is 13.2. The van der Waals surface area contributed by atoms with Crippen molar-refractivity contribution in [2.45, 2.75) is 70.9 Å². The zero-order chi connectivity index (χ0) is 19.2. The van der Waals surface area contributed by atoms with Gasteiger partial charge in [-0.25, -0.2) is 0 Å². The summed E-state index contributed by atoms with van der Waals surface area (Å²) in [6.45, 7) is 5.97. The van der Waals surface area contributed by atoms with Gasteiger partial charge < -0.3 is 10.6 Å². The highest BCUT2D eigenvalue weighted by atomic mass is 16.2. The van der Waals surface area contributed by atoms with Crippen LogP contribution in [0.15, 0.2) is 24.3 Å². The normalized spacial score (nSPS) is 32.4. The number of nitrogens with one attached hydrogen (secondary N) is 2. The van der Waals surface area contributed by atoms with E-state index >= 15 is 0 Å². The fourth-order valence-electron chi connectivity index (χ4n) is 6.15. The first-order chi connectivity index (χ1) is 12.8. The van der Waals surface area contributed by atoms with Crippen molar-refractivity contribution >= 4 is 11.8 Å². The average molecular weight is 369 g/mol. The lowest BCUT2D eigenvalue weighted by atomic mass is 9.53. The van der Waals surface area contributed by atoms with Crippen LogP contribution in [0.4, 0.5) is 0 Å². The molecule has 4 aliphatic carbocycles. The van der Waals surface area contributed by atoms with Crippen LogP contribution in [0.2, 0.25) is 0 Å². The Morgan fingerprint density at radius 1 is 1.04 bits per heavy atom. The molecule has 4 aliphatic rings. The molecule has 1 unspecified atom stereocenters. The van der Waals surface area contributed by atoms with E-state index in [1.165, 1.54) is 19.3 Å². The molecule has 0 spiro atoms. The number of amides is 2. The number of carbonyl (C=O) groups excluding carboxylic acids is 2. The zero-order valence-electron chi connectivity index (χ0n) is 16.8. The predicted octanol–water partition coefficient (Wildman–Crippen LogP) is 3.83. The standard InChI is InChI=1S/C23H32N2O2/c1-14(2)20(24-21(26)19-6-4-5-15(3)7-19)22(27)25-23-11-16-8-17(12-23)10-18(9-16)13-23/h4-7,14,16-18,20H,8-13H2,1-3H3,(H,24,26)(H,25,27). The van der Waals surface area contributed by atoms with Gasteiger partial charge in [0.1, 0.15) is 6.04 Å². The van der Waals surface area contributed by atoms with Crippen LogP contribution in [0.3, 0.4) is 0 Å². The van der Waals surface area contributed by atoms with E-state index in [-0.39, 0.29) is 23.3 Å². The molecule has 0 heterocycles. The summed E-state index contributed by atoms with van der Waals surface area (Å²) in [4.78, 5) is 25.9. The van der Waals surface area contributed by atoms with E-state index in [2.05, 4.69) is 10.6 Å². The Labute approximate surface area is 162 Å². The molecule has 4 fully saturated rings. The fourth-order valence-corrected chi connectivity index (χ4v) is 6.15. The molecule has 4 nitrogen and oxygen atoms in total. The van der Waals surface area contributed by atoms with Gasteiger partial charge in [-0.05, 0) is 81.3 Å². The lowest BCUT2D eigenvalue weighted by Gasteiger charge is -2.57. The number of aryl methyl sites for hydroxylation is 1. The zero-order valence-corrected chi connectivity index (χ0v) is 16.8. The van der Waals surface area contributed by atoms with E-state index in [9.17, 15) is 9.59 Å². The highest BCUT2D eigenvalue weighted by Crippen LogP contribution is 2.55. The summed E-state index contributed by atoms with van der Waals surface area (Å²) in [6.07, 6.45) is 7.44. The molecule has 0 aliphatic heterocycles. The minimum Gasteiger partial charge on any atom is -0.349 e. The number of carbonyl (C=O) groups is 2. The van der Waals surface area contributed by atoms with Crippen LogP contribution in [-0.4, -0.2) is 23.4 Å². The van der Waals surface area contributed by atoms with Crippen molar-refractivity contribution < 1.29 is 9.59 Å². The van der Waals surface area contributed by atoms with E-state index < -0.39 is 6.04 Å². The van der Waals surface area contributed by atoms with Gasteiger partial charge in [0, 0.05) is 11.1 Å². The molecule has 0 saturated heterocycles. The van der Waals surface area contributed by atoms with Gasteiger partial charge in [0.05, 0.1) is 0 Å². The van der Waals surface area contributed by atoms with Gasteiger partial charge in [-0.1, -0.05) is 31.5 Å². The largest absolute Gasteiger partial charge is 0.349 e. The molecule has 2 N–H and O–H groups in total. The van der Waals surface area contributed by atoms with Gasteiger partial charge in [0.25, 0.3) is 5.91 Å². The van der Waals surface area contributed by atoms with Gasteiger partial charge in [0.15, 0.2) is 0 Å². The summed E-state index contributed by atoms with van der Waals surface area (Å²) in [7, 11) is 0. The first-order valence-electron chi connectivity index (χ1n) is 10.5. The summed E-state index contributed by atoms with van der Waals surface area (Å²) in [5.74, 6) is 2.24. The van der Waals surface area contributed by atoms with E-state index in [1.54, 1.807) is 6.07 Å². The third-order valence-electron chi connectivity index (χ3n) is 6.94. The predicted molar refractivity (Wildman–Crippen MR) is 106 cm³/mol. The monoisotopic (exact) mass is 368 g/mol. The smallest absolute Gasteiger partial charge is 0.251 e. The maximum atomic E-state index is 13.2. The van der Waals surface area contributed by atoms with Crippen molar-refractivity contribution in [2.24, 2.45) is 23.7 Å². The topological polar surface area (TPSA) is 58.2 Å². The lowest BCUT2D eigenvalue weighted by Crippen LogP contribution is -2.63.